The second-order valence-corrected chi connectivity index (χ2v) is 5.42. The van der Waals surface area contributed by atoms with Crippen molar-refractivity contribution in [1.82, 2.24) is 0 Å². The Morgan fingerprint density at radius 1 is 1.18 bits per heavy atom. The Morgan fingerprint density at radius 2 is 1.82 bits per heavy atom. The first-order chi connectivity index (χ1) is 8.04. The maximum Gasteiger partial charge on any atom is 0.155 e. The fourth-order valence-electron chi connectivity index (χ4n) is 2.84. The smallest absolute Gasteiger partial charge is 0.155 e. The summed E-state index contributed by atoms with van der Waals surface area (Å²) in [4.78, 5) is 11.6. The van der Waals surface area contributed by atoms with Crippen molar-refractivity contribution in [2.45, 2.75) is 39.0 Å². The van der Waals surface area contributed by atoms with Gasteiger partial charge in [0.15, 0.2) is 5.78 Å². The molecule has 0 saturated heterocycles. The standard InChI is InChI=1S/C16H20O/c1-12(2)15-11-14(17)9-10-16(15,3)13-7-5-4-6-8-13/h4-8,11-12H,9-10H2,1-3H3/t16-/m1/s1. The van der Waals surface area contributed by atoms with E-state index in [4.69, 9.17) is 0 Å². The van der Waals surface area contributed by atoms with E-state index in [1.54, 1.807) is 0 Å². The summed E-state index contributed by atoms with van der Waals surface area (Å²) in [6.07, 6.45) is 3.47. The molecule has 2 rings (SSSR count). The van der Waals surface area contributed by atoms with Gasteiger partial charge in [-0.3, -0.25) is 4.79 Å². The highest BCUT2D eigenvalue weighted by molar-refractivity contribution is 5.92. The highest BCUT2D eigenvalue weighted by Gasteiger charge is 2.35. The van der Waals surface area contributed by atoms with Gasteiger partial charge in [-0.2, -0.15) is 0 Å². The maximum atomic E-state index is 11.6. The van der Waals surface area contributed by atoms with Crippen LogP contribution in [0.25, 0.3) is 0 Å². The molecule has 0 spiro atoms. The van der Waals surface area contributed by atoms with Crippen molar-refractivity contribution in [2.75, 3.05) is 0 Å². The quantitative estimate of drug-likeness (QED) is 0.750. The Morgan fingerprint density at radius 3 is 2.41 bits per heavy atom. The van der Waals surface area contributed by atoms with Crippen molar-refractivity contribution in [3.8, 4) is 0 Å². The molecule has 0 bridgehead atoms. The van der Waals surface area contributed by atoms with Gasteiger partial charge in [0.05, 0.1) is 0 Å². The van der Waals surface area contributed by atoms with Crippen molar-refractivity contribution in [3.05, 3.63) is 47.5 Å². The molecule has 0 heterocycles. The molecule has 0 N–H and O–H groups in total. The van der Waals surface area contributed by atoms with Crippen LogP contribution in [0, 0.1) is 5.92 Å². The van der Waals surface area contributed by atoms with Gasteiger partial charge in [0.2, 0.25) is 0 Å². The number of hydrogen-bond donors (Lipinski definition) is 0. The third kappa shape index (κ3) is 2.19. The van der Waals surface area contributed by atoms with E-state index in [9.17, 15) is 4.79 Å². The zero-order valence-corrected chi connectivity index (χ0v) is 10.9. The average Bonchev–Trinajstić information content (AvgIpc) is 2.33. The molecule has 0 aromatic heterocycles. The number of rotatable bonds is 2. The second kappa shape index (κ2) is 4.48. The summed E-state index contributed by atoms with van der Waals surface area (Å²) < 4.78 is 0. The van der Waals surface area contributed by atoms with E-state index in [0.717, 1.165) is 6.42 Å². The minimum Gasteiger partial charge on any atom is -0.295 e. The first-order valence-corrected chi connectivity index (χ1v) is 6.34. The Balaban J connectivity index is 2.49. The first-order valence-electron chi connectivity index (χ1n) is 6.34. The number of hydrogen-bond acceptors (Lipinski definition) is 1. The van der Waals surface area contributed by atoms with Gasteiger partial charge in [-0.25, -0.2) is 0 Å². The molecule has 1 heteroatoms. The van der Waals surface area contributed by atoms with Gasteiger partial charge in [0.1, 0.15) is 0 Å². The van der Waals surface area contributed by atoms with Gasteiger partial charge in [-0.15, -0.1) is 0 Å². The van der Waals surface area contributed by atoms with Crippen molar-refractivity contribution < 1.29 is 4.79 Å². The Bertz CT molecular complexity index is 442. The largest absolute Gasteiger partial charge is 0.295 e. The molecule has 1 aliphatic carbocycles. The SMILES string of the molecule is CC(C)C1=CC(=O)CC[C@]1(C)c1ccccc1. The van der Waals surface area contributed by atoms with Crippen molar-refractivity contribution >= 4 is 5.78 Å². The van der Waals surface area contributed by atoms with Crippen molar-refractivity contribution in [1.29, 1.82) is 0 Å². The lowest BCUT2D eigenvalue weighted by atomic mass is 9.66. The molecule has 0 saturated carbocycles. The van der Waals surface area contributed by atoms with Crippen LogP contribution in [0.15, 0.2) is 42.0 Å². The van der Waals surface area contributed by atoms with E-state index in [2.05, 4.69) is 45.0 Å². The number of carbonyl (C=O) groups excluding carboxylic acids is 1. The van der Waals surface area contributed by atoms with Crippen LogP contribution < -0.4 is 0 Å². The number of carbonyl (C=O) groups is 1. The van der Waals surface area contributed by atoms with E-state index in [1.165, 1.54) is 11.1 Å². The molecular formula is C16H20O. The fourth-order valence-corrected chi connectivity index (χ4v) is 2.84. The van der Waals surface area contributed by atoms with Crippen molar-refractivity contribution in [2.24, 2.45) is 5.92 Å². The number of allylic oxidation sites excluding steroid dienone is 2. The predicted molar refractivity (Wildman–Crippen MR) is 71.0 cm³/mol. The second-order valence-electron chi connectivity index (χ2n) is 5.42. The molecular weight excluding hydrogens is 208 g/mol. The number of ketones is 1. The van der Waals surface area contributed by atoms with E-state index in [0.29, 0.717) is 12.3 Å². The molecule has 1 aliphatic rings. The molecule has 1 aromatic carbocycles. The molecule has 1 nitrogen and oxygen atoms in total. The van der Waals surface area contributed by atoms with Crippen LogP contribution in [0.1, 0.15) is 39.2 Å². The summed E-state index contributed by atoms with van der Waals surface area (Å²) in [5, 5.41) is 0. The molecule has 0 radical (unpaired) electrons. The van der Waals surface area contributed by atoms with Crippen LogP contribution in [0.5, 0.6) is 0 Å². The van der Waals surface area contributed by atoms with E-state index in [-0.39, 0.29) is 11.2 Å². The minimum atomic E-state index is 0.0311. The fraction of sp³-hybridized carbons (Fsp3) is 0.438. The highest BCUT2D eigenvalue weighted by atomic mass is 16.1. The van der Waals surface area contributed by atoms with Crippen LogP contribution in [-0.2, 0) is 10.2 Å². The third-order valence-electron chi connectivity index (χ3n) is 3.86. The van der Waals surface area contributed by atoms with E-state index < -0.39 is 0 Å². The lowest BCUT2D eigenvalue weighted by molar-refractivity contribution is -0.115. The van der Waals surface area contributed by atoms with Crippen LogP contribution in [-0.4, -0.2) is 5.78 Å². The Labute approximate surface area is 104 Å². The van der Waals surface area contributed by atoms with Gasteiger partial charge < -0.3 is 0 Å². The van der Waals surface area contributed by atoms with Gasteiger partial charge in [-0.1, -0.05) is 56.7 Å². The van der Waals surface area contributed by atoms with Crippen LogP contribution in [0.4, 0.5) is 0 Å². The summed E-state index contributed by atoms with van der Waals surface area (Å²) in [5.41, 5.74) is 2.64. The van der Waals surface area contributed by atoms with Gasteiger partial charge in [0, 0.05) is 11.8 Å². The summed E-state index contributed by atoms with van der Waals surface area (Å²) in [6.45, 7) is 6.61. The van der Waals surface area contributed by atoms with Gasteiger partial charge >= 0.3 is 0 Å². The molecule has 1 atom stereocenters. The molecule has 0 aliphatic heterocycles. The van der Waals surface area contributed by atoms with Crippen LogP contribution >= 0.6 is 0 Å². The summed E-state index contributed by atoms with van der Waals surface area (Å²) in [6, 6.07) is 10.5. The molecule has 17 heavy (non-hydrogen) atoms. The topological polar surface area (TPSA) is 17.1 Å². The summed E-state index contributed by atoms with van der Waals surface area (Å²) >= 11 is 0. The maximum absolute atomic E-state index is 11.6. The zero-order chi connectivity index (χ0) is 12.5. The van der Waals surface area contributed by atoms with E-state index in [1.807, 2.05) is 12.1 Å². The van der Waals surface area contributed by atoms with Crippen molar-refractivity contribution in [3.63, 3.8) is 0 Å². The van der Waals surface area contributed by atoms with Crippen LogP contribution in [0.3, 0.4) is 0 Å². The minimum absolute atomic E-state index is 0.0311. The summed E-state index contributed by atoms with van der Waals surface area (Å²) in [5.74, 6) is 0.701. The zero-order valence-electron chi connectivity index (χ0n) is 10.9. The molecule has 1 aromatic rings. The summed E-state index contributed by atoms with van der Waals surface area (Å²) in [7, 11) is 0. The monoisotopic (exact) mass is 228 g/mol. The van der Waals surface area contributed by atoms with Gasteiger partial charge in [-0.05, 0) is 24.0 Å². The molecule has 0 amide bonds. The Kier molecular flexibility index (Phi) is 3.19. The highest BCUT2D eigenvalue weighted by Crippen LogP contribution is 2.42. The molecule has 0 unspecified atom stereocenters. The third-order valence-corrected chi connectivity index (χ3v) is 3.86. The number of benzene rings is 1. The molecule has 90 valence electrons. The first kappa shape index (κ1) is 12.1. The van der Waals surface area contributed by atoms with Crippen LogP contribution in [0.2, 0.25) is 0 Å². The predicted octanol–water partition coefficient (Wildman–Crippen LogP) is 3.89. The van der Waals surface area contributed by atoms with E-state index >= 15 is 0 Å². The molecule has 0 fully saturated rings. The normalized spacial score (nSPS) is 24.9. The Hall–Kier alpha value is -1.37. The van der Waals surface area contributed by atoms with Gasteiger partial charge in [0.25, 0.3) is 0 Å². The lowest BCUT2D eigenvalue weighted by Gasteiger charge is -2.37. The lowest BCUT2D eigenvalue weighted by Crippen LogP contribution is -2.32. The average molecular weight is 228 g/mol.